The second kappa shape index (κ2) is 5.69. The van der Waals surface area contributed by atoms with Crippen LogP contribution in [0.4, 0.5) is 17.3 Å². The van der Waals surface area contributed by atoms with Gasteiger partial charge in [-0.25, -0.2) is 4.98 Å². The highest BCUT2D eigenvalue weighted by atomic mass is 35.5. The minimum absolute atomic E-state index is 0.254. The molecular weight excluding hydrogens is 289 g/mol. The molecule has 0 radical (unpaired) electrons. The number of thioether (sulfide) groups is 1. The molecule has 0 bridgehead atoms. The number of nitrogen functional groups attached to an aromatic ring is 1. The maximum absolute atomic E-state index is 6.04. The monoisotopic (exact) mass is 299 g/mol. The number of pyridine rings is 1. The van der Waals surface area contributed by atoms with E-state index in [2.05, 4.69) is 10.3 Å². The molecule has 2 aromatic rings. The van der Waals surface area contributed by atoms with Crippen molar-refractivity contribution in [3.63, 3.8) is 0 Å². The molecule has 3 nitrogen and oxygen atoms in total. The van der Waals surface area contributed by atoms with E-state index < -0.39 is 0 Å². The number of nitrogens with two attached hydrogens (primary N) is 1. The SMILES string of the molecule is CSc1ccc(Nc2nc(N)c(Cl)cc2Cl)cc1. The quantitative estimate of drug-likeness (QED) is 0.823. The molecule has 0 fully saturated rings. The summed E-state index contributed by atoms with van der Waals surface area (Å²) in [6, 6.07) is 9.51. The van der Waals surface area contributed by atoms with Gasteiger partial charge in [-0.1, -0.05) is 23.2 Å². The van der Waals surface area contributed by atoms with Crippen LogP contribution in [0.5, 0.6) is 0 Å². The van der Waals surface area contributed by atoms with Gasteiger partial charge in [-0.05, 0) is 36.6 Å². The molecule has 1 heterocycles. The average Bonchev–Trinajstić information content (AvgIpc) is 2.37. The van der Waals surface area contributed by atoms with E-state index in [0.717, 1.165) is 5.69 Å². The van der Waals surface area contributed by atoms with E-state index in [1.54, 1.807) is 17.8 Å². The number of anilines is 3. The first kappa shape index (κ1) is 13.3. The molecule has 0 amide bonds. The highest BCUT2D eigenvalue weighted by Gasteiger charge is 2.07. The van der Waals surface area contributed by atoms with Crippen molar-refractivity contribution in [3.8, 4) is 0 Å². The molecule has 0 spiro atoms. The van der Waals surface area contributed by atoms with Crippen molar-refractivity contribution < 1.29 is 0 Å². The Morgan fingerprint density at radius 2 is 1.83 bits per heavy atom. The summed E-state index contributed by atoms with van der Waals surface area (Å²) in [5.74, 6) is 0.750. The van der Waals surface area contributed by atoms with Gasteiger partial charge in [0.15, 0.2) is 5.82 Å². The van der Waals surface area contributed by atoms with Crippen LogP contribution in [0.15, 0.2) is 35.2 Å². The molecule has 3 N–H and O–H groups in total. The van der Waals surface area contributed by atoms with Crippen molar-refractivity contribution >= 4 is 52.3 Å². The van der Waals surface area contributed by atoms with Crippen molar-refractivity contribution in [3.05, 3.63) is 40.4 Å². The predicted octanol–water partition coefficient (Wildman–Crippen LogP) is 4.44. The maximum atomic E-state index is 6.04. The van der Waals surface area contributed by atoms with E-state index in [0.29, 0.717) is 15.9 Å². The molecule has 94 valence electrons. The molecule has 2 rings (SSSR count). The van der Waals surface area contributed by atoms with Gasteiger partial charge in [0.05, 0.1) is 10.0 Å². The van der Waals surface area contributed by atoms with Crippen LogP contribution in [-0.2, 0) is 0 Å². The average molecular weight is 300 g/mol. The van der Waals surface area contributed by atoms with Gasteiger partial charge < -0.3 is 11.1 Å². The van der Waals surface area contributed by atoms with Crippen LogP contribution in [0.3, 0.4) is 0 Å². The fourth-order valence-corrected chi connectivity index (χ4v) is 2.19. The number of aromatic nitrogens is 1. The van der Waals surface area contributed by atoms with Crippen molar-refractivity contribution in [1.82, 2.24) is 4.98 Å². The molecule has 6 heteroatoms. The molecule has 0 unspecified atom stereocenters. The molecule has 0 atom stereocenters. The first-order valence-corrected chi connectivity index (χ1v) is 7.11. The van der Waals surface area contributed by atoms with Crippen molar-refractivity contribution in [1.29, 1.82) is 0 Å². The smallest absolute Gasteiger partial charge is 0.151 e. The molecule has 0 aliphatic rings. The lowest BCUT2D eigenvalue weighted by Crippen LogP contribution is -1.99. The van der Waals surface area contributed by atoms with Crippen LogP contribution in [0.25, 0.3) is 0 Å². The van der Waals surface area contributed by atoms with E-state index in [-0.39, 0.29) is 5.82 Å². The van der Waals surface area contributed by atoms with Gasteiger partial charge in [-0.15, -0.1) is 11.8 Å². The van der Waals surface area contributed by atoms with E-state index in [1.807, 2.05) is 30.5 Å². The van der Waals surface area contributed by atoms with Gasteiger partial charge >= 0.3 is 0 Å². The lowest BCUT2D eigenvalue weighted by molar-refractivity contribution is 1.31. The fraction of sp³-hybridized carbons (Fsp3) is 0.0833. The van der Waals surface area contributed by atoms with Crippen molar-refractivity contribution in [2.24, 2.45) is 0 Å². The van der Waals surface area contributed by atoms with Crippen molar-refractivity contribution in [2.45, 2.75) is 4.90 Å². The summed E-state index contributed by atoms with van der Waals surface area (Å²) >= 11 is 13.6. The Hall–Kier alpha value is -1.10. The van der Waals surface area contributed by atoms with Crippen LogP contribution in [0.2, 0.25) is 10.0 Å². The lowest BCUT2D eigenvalue weighted by Gasteiger charge is -2.09. The third-order valence-corrected chi connectivity index (χ3v) is 3.64. The summed E-state index contributed by atoms with van der Waals surface area (Å²) in [5.41, 5.74) is 6.54. The molecule has 1 aromatic carbocycles. The van der Waals surface area contributed by atoms with Crippen molar-refractivity contribution in [2.75, 3.05) is 17.3 Å². The van der Waals surface area contributed by atoms with Crippen LogP contribution in [0.1, 0.15) is 0 Å². The van der Waals surface area contributed by atoms with Crippen LogP contribution in [0, 0.1) is 0 Å². The van der Waals surface area contributed by atoms with Gasteiger partial charge in [0.25, 0.3) is 0 Å². The summed E-state index contributed by atoms with van der Waals surface area (Å²) in [5, 5.41) is 3.88. The Balaban J connectivity index is 2.25. The van der Waals surface area contributed by atoms with Crippen LogP contribution >= 0.6 is 35.0 Å². The summed E-state index contributed by atoms with van der Waals surface area (Å²) in [7, 11) is 0. The van der Waals surface area contributed by atoms with Gasteiger partial charge in [0, 0.05) is 10.6 Å². The first-order valence-electron chi connectivity index (χ1n) is 5.12. The van der Waals surface area contributed by atoms with E-state index in [9.17, 15) is 0 Å². The third-order valence-electron chi connectivity index (χ3n) is 2.31. The molecule has 18 heavy (non-hydrogen) atoms. The predicted molar refractivity (Wildman–Crippen MR) is 80.2 cm³/mol. The Morgan fingerprint density at radius 1 is 1.17 bits per heavy atom. The molecule has 0 aliphatic carbocycles. The molecule has 1 aromatic heterocycles. The molecule has 0 saturated heterocycles. The molecule has 0 aliphatic heterocycles. The fourth-order valence-electron chi connectivity index (χ4n) is 1.38. The lowest BCUT2D eigenvalue weighted by atomic mass is 10.3. The third kappa shape index (κ3) is 3.02. The number of hydrogen-bond acceptors (Lipinski definition) is 4. The number of rotatable bonds is 3. The zero-order valence-corrected chi connectivity index (χ0v) is 11.9. The van der Waals surface area contributed by atoms with Gasteiger partial charge in [-0.2, -0.15) is 0 Å². The van der Waals surface area contributed by atoms with Crippen LogP contribution in [-0.4, -0.2) is 11.2 Å². The Bertz CT molecular complexity index is 558. The zero-order valence-electron chi connectivity index (χ0n) is 9.58. The number of benzene rings is 1. The minimum atomic E-state index is 0.254. The van der Waals surface area contributed by atoms with Gasteiger partial charge in [-0.3, -0.25) is 0 Å². The highest BCUT2D eigenvalue weighted by Crippen LogP contribution is 2.29. The Labute approximate surface area is 120 Å². The molecule has 0 saturated carbocycles. The maximum Gasteiger partial charge on any atom is 0.151 e. The normalized spacial score (nSPS) is 10.4. The minimum Gasteiger partial charge on any atom is -0.382 e. The zero-order chi connectivity index (χ0) is 13.1. The topological polar surface area (TPSA) is 50.9 Å². The summed E-state index contributed by atoms with van der Waals surface area (Å²) in [6.07, 6.45) is 2.03. The molecular formula is C12H11Cl2N3S. The van der Waals surface area contributed by atoms with Gasteiger partial charge in [0.2, 0.25) is 0 Å². The summed E-state index contributed by atoms with van der Waals surface area (Å²) in [6.45, 7) is 0. The summed E-state index contributed by atoms with van der Waals surface area (Å²) in [4.78, 5) is 5.30. The Morgan fingerprint density at radius 3 is 2.44 bits per heavy atom. The summed E-state index contributed by atoms with van der Waals surface area (Å²) < 4.78 is 0. The first-order chi connectivity index (χ1) is 8.60. The van der Waals surface area contributed by atoms with E-state index in [1.165, 1.54) is 4.90 Å². The largest absolute Gasteiger partial charge is 0.382 e. The standard InChI is InChI=1S/C12H11Cl2N3S/c1-18-8-4-2-7(3-5-8)16-12-10(14)6-9(13)11(15)17-12/h2-6H,1H3,(H3,15,16,17). The van der Waals surface area contributed by atoms with Crippen LogP contribution < -0.4 is 11.1 Å². The number of nitrogens with zero attached hydrogens (tertiary/aromatic N) is 1. The number of nitrogens with one attached hydrogen (secondary N) is 1. The van der Waals surface area contributed by atoms with E-state index >= 15 is 0 Å². The van der Waals surface area contributed by atoms with E-state index in [4.69, 9.17) is 28.9 Å². The second-order valence-electron chi connectivity index (χ2n) is 3.54. The van der Waals surface area contributed by atoms with Gasteiger partial charge in [0.1, 0.15) is 5.82 Å². The Kier molecular flexibility index (Phi) is 4.22. The second-order valence-corrected chi connectivity index (χ2v) is 5.23. The highest BCUT2D eigenvalue weighted by molar-refractivity contribution is 7.98. The number of halogens is 2. The number of hydrogen-bond donors (Lipinski definition) is 2.